The number of aromatic nitrogens is 1. The van der Waals surface area contributed by atoms with Crippen molar-refractivity contribution in [3.63, 3.8) is 0 Å². The van der Waals surface area contributed by atoms with E-state index in [4.69, 9.17) is 0 Å². The minimum absolute atomic E-state index is 0.0445. The van der Waals surface area contributed by atoms with Crippen molar-refractivity contribution in [3.05, 3.63) is 33.6 Å². The molecule has 1 N–H and O–H groups in total. The van der Waals surface area contributed by atoms with Crippen molar-refractivity contribution < 1.29 is 14.5 Å². The second kappa shape index (κ2) is 7.32. The van der Waals surface area contributed by atoms with E-state index in [0.29, 0.717) is 12.1 Å². The third-order valence-corrected chi connectivity index (χ3v) is 2.79. The Balaban J connectivity index is 2.74. The van der Waals surface area contributed by atoms with Crippen molar-refractivity contribution in [2.45, 2.75) is 39.5 Å². The summed E-state index contributed by atoms with van der Waals surface area (Å²) in [4.78, 5) is 37.2. The fraction of sp³-hybridized carbons (Fsp3) is 0.462. The first-order valence-corrected chi connectivity index (χ1v) is 6.41. The van der Waals surface area contributed by atoms with E-state index in [0.717, 1.165) is 25.1 Å². The van der Waals surface area contributed by atoms with Gasteiger partial charge in [0.1, 0.15) is 6.20 Å². The lowest BCUT2D eigenvalue weighted by Crippen LogP contribution is -2.31. The molecule has 0 atom stereocenters. The molecule has 0 bridgehead atoms. The summed E-state index contributed by atoms with van der Waals surface area (Å²) in [7, 11) is 0. The predicted octanol–water partition coefficient (Wildman–Crippen LogP) is 2.13. The highest BCUT2D eigenvalue weighted by Crippen LogP contribution is 2.14. The number of hydrogen-bond acceptors (Lipinski definition) is 5. The van der Waals surface area contributed by atoms with Crippen molar-refractivity contribution in [2.24, 2.45) is 0 Å². The summed E-state index contributed by atoms with van der Waals surface area (Å²) in [6.07, 6.45) is 3.95. The number of nitrogens with one attached hydrogen (secondary N) is 1. The maximum Gasteiger partial charge on any atom is 0.288 e. The van der Waals surface area contributed by atoms with Crippen molar-refractivity contribution in [1.82, 2.24) is 10.3 Å². The molecule has 0 unspecified atom stereocenters. The van der Waals surface area contributed by atoms with E-state index in [1.165, 1.54) is 0 Å². The average Bonchev–Trinajstić information content (AvgIpc) is 2.39. The van der Waals surface area contributed by atoms with Crippen LogP contribution in [-0.4, -0.2) is 21.7 Å². The van der Waals surface area contributed by atoms with Gasteiger partial charge in [0.05, 0.1) is 16.2 Å². The summed E-state index contributed by atoms with van der Waals surface area (Å²) in [6.45, 7) is 3.57. The maximum atomic E-state index is 11.9. The van der Waals surface area contributed by atoms with Crippen LogP contribution >= 0.6 is 0 Å². The number of nitrogens with zero attached hydrogens (tertiary/aromatic N) is 2. The van der Waals surface area contributed by atoms with Crippen LogP contribution in [0.1, 0.15) is 48.7 Å². The number of carbonyl (C=O) groups excluding carboxylic acids is 2. The van der Waals surface area contributed by atoms with E-state index >= 15 is 0 Å². The van der Waals surface area contributed by atoms with Gasteiger partial charge >= 0.3 is 0 Å². The molecule has 1 aromatic heterocycles. The van der Waals surface area contributed by atoms with Gasteiger partial charge in [-0.05, 0) is 13.3 Å². The Bertz CT molecular complexity index is 528. The van der Waals surface area contributed by atoms with Gasteiger partial charge in [0.15, 0.2) is 0 Å². The maximum absolute atomic E-state index is 11.9. The fourth-order valence-corrected chi connectivity index (χ4v) is 1.64. The molecule has 20 heavy (non-hydrogen) atoms. The molecule has 1 aromatic rings. The van der Waals surface area contributed by atoms with Crippen LogP contribution in [0.3, 0.4) is 0 Å². The van der Waals surface area contributed by atoms with Gasteiger partial charge in [0.2, 0.25) is 5.91 Å². The molecule has 0 saturated carbocycles. The van der Waals surface area contributed by atoms with Crippen LogP contribution in [0, 0.1) is 17.0 Å². The van der Waals surface area contributed by atoms with Gasteiger partial charge in [-0.2, -0.15) is 0 Å². The molecule has 2 amide bonds. The molecule has 0 aliphatic heterocycles. The van der Waals surface area contributed by atoms with Crippen LogP contribution in [-0.2, 0) is 4.79 Å². The first-order valence-electron chi connectivity index (χ1n) is 6.41. The van der Waals surface area contributed by atoms with Crippen molar-refractivity contribution in [2.75, 3.05) is 0 Å². The number of unbranched alkanes of at least 4 members (excludes halogenated alkanes) is 2. The lowest BCUT2D eigenvalue weighted by Gasteiger charge is -2.06. The first-order chi connectivity index (χ1) is 9.45. The van der Waals surface area contributed by atoms with Gasteiger partial charge in [-0.1, -0.05) is 19.8 Å². The van der Waals surface area contributed by atoms with Crippen LogP contribution < -0.4 is 5.32 Å². The van der Waals surface area contributed by atoms with E-state index in [9.17, 15) is 19.7 Å². The molecule has 0 spiro atoms. The Kier molecular flexibility index (Phi) is 5.76. The third kappa shape index (κ3) is 4.42. The van der Waals surface area contributed by atoms with Gasteiger partial charge < -0.3 is 0 Å². The molecule has 0 aliphatic carbocycles. The van der Waals surface area contributed by atoms with E-state index in [-0.39, 0.29) is 23.6 Å². The molecule has 0 aliphatic rings. The summed E-state index contributed by atoms with van der Waals surface area (Å²) in [5.41, 5.74) is 0.108. The lowest BCUT2D eigenvalue weighted by atomic mass is 10.1. The quantitative estimate of drug-likeness (QED) is 0.488. The topological polar surface area (TPSA) is 102 Å². The number of rotatable bonds is 6. The molecule has 1 rings (SSSR count). The van der Waals surface area contributed by atoms with Crippen molar-refractivity contribution in [1.29, 1.82) is 0 Å². The Morgan fingerprint density at radius 1 is 1.40 bits per heavy atom. The van der Waals surface area contributed by atoms with E-state index < -0.39 is 10.8 Å². The zero-order chi connectivity index (χ0) is 15.1. The van der Waals surface area contributed by atoms with Crippen LogP contribution in [0.4, 0.5) is 5.69 Å². The van der Waals surface area contributed by atoms with Crippen molar-refractivity contribution in [3.8, 4) is 0 Å². The molecule has 0 saturated heterocycles. The molecule has 7 nitrogen and oxygen atoms in total. The molecular weight excluding hydrogens is 262 g/mol. The predicted molar refractivity (Wildman–Crippen MR) is 72.2 cm³/mol. The van der Waals surface area contributed by atoms with Gasteiger partial charge in [0.25, 0.3) is 11.6 Å². The molecule has 0 aromatic carbocycles. The SMILES string of the molecule is CCCCCC(=O)NC(=O)c1cc([N+](=O)[O-])cnc1C. The number of amides is 2. The zero-order valence-corrected chi connectivity index (χ0v) is 11.5. The van der Waals surface area contributed by atoms with Crippen LogP contribution in [0.2, 0.25) is 0 Å². The fourth-order valence-electron chi connectivity index (χ4n) is 1.64. The number of aryl methyl sites for hydroxylation is 1. The average molecular weight is 279 g/mol. The minimum Gasteiger partial charge on any atom is -0.292 e. The highest BCUT2D eigenvalue weighted by molar-refractivity contribution is 6.05. The van der Waals surface area contributed by atoms with E-state index in [1.54, 1.807) is 6.92 Å². The lowest BCUT2D eigenvalue weighted by molar-refractivity contribution is -0.385. The first kappa shape index (κ1) is 15.7. The zero-order valence-electron chi connectivity index (χ0n) is 11.5. The highest BCUT2D eigenvalue weighted by atomic mass is 16.6. The summed E-state index contributed by atoms with van der Waals surface area (Å²) >= 11 is 0. The monoisotopic (exact) mass is 279 g/mol. The van der Waals surface area contributed by atoms with E-state index in [2.05, 4.69) is 10.3 Å². The van der Waals surface area contributed by atoms with Crippen LogP contribution in [0.5, 0.6) is 0 Å². The second-order valence-electron chi connectivity index (χ2n) is 4.42. The van der Waals surface area contributed by atoms with Crippen molar-refractivity contribution >= 4 is 17.5 Å². The summed E-state index contributed by atoms with van der Waals surface area (Å²) in [5, 5.41) is 12.9. The van der Waals surface area contributed by atoms with Crippen LogP contribution in [0.25, 0.3) is 0 Å². The molecule has 108 valence electrons. The Hall–Kier alpha value is -2.31. The molecule has 0 radical (unpaired) electrons. The molecular formula is C13H17N3O4. The minimum atomic E-state index is -0.653. The number of imide groups is 1. The number of nitro groups is 1. The Morgan fingerprint density at radius 3 is 2.70 bits per heavy atom. The highest BCUT2D eigenvalue weighted by Gasteiger charge is 2.17. The smallest absolute Gasteiger partial charge is 0.288 e. The van der Waals surface area contributed by atoms with Gasteiger partial charge in [-0.25, -0.2) is 0 Å². The Morgan fingerprint density at radius 2 is 2.10 bits per heavy atom. The summed E-state index contributed by atoms with van der Waals surface area (Å²) in [5.74, 6) is -1.03. The molecule has 1 heterocycles. The largest absolute Gasteiger partial charge is 0.292 e. The van der Waals surface area contributed by atoms with Crippen LogP contribution in [0.15, 0.2) is 12.3 Å². The Labute approximate surface area is 116 Å². The second-order valence-corrected chi connectivity index (χ2v) is 4.42. The van der Waals surface area contributed by atoms with Gasteiger partial charge in [-0.15, -0.1) is 0 Å². The van der Waals surface area contributed by atoms with Gasteiger partial charge in [0, 0.05) is 12.5 Å². The number of hydrogen-bond donors (Lipinski definition) is 1. The number of pyridine rings is 1. The molecule has 7 heteroatoms. The van der Waals surface area contributed by atoms with E-state index in [1.807, 2.05) is 6.92 Å². The standard InChI is InChI=1S/C13H17N3O4/c1-3-4-5-6-12(17)15-13(18)11-7-10(16(19)20)8-14-9(11)2/h7-8H,3-6H2,1-2H3,(H,15,17,18). The molecule has 0 fully saturated rings. The normalized spacial score (nSPS) is 10.1. The van der Waals surface area contributed by atoms with Gasteiger partial charge in [-0.3, -0.25) is 30.0 Å². The third-order valence-electron chi connectivity index (χ3n) is 2.79. The number of carbonyl (C=O) groups is 2. The summed E-state index contributed by atoms with van der Waals surface area (Å²) < 4.78 is 0. The summed E-state index contributed by atoms with van der Waals surface area (Å²) in [6, 6.07) is 1.12.